The Kier molecular flexibility index (Phi) is 2.34. The Morgan fingerprint density at radius 1 is 1.73 bits per heavy atom. The van der Waals surface area contributed by atoms with E-state index >= 15 is 0 Å². The van der Waals surface area contributed by atoms with Gasteiger partial charge in [0, 0.05) is 6.04 Å². The van der Waals surface area contributed by atoms with E-state index in [1.807, 2.05) is 6.92 Å². The van der Waals surface area contributed by atoms with Crippen LogP contribution in [0.2, 0.25) is 0 Å². The number of aliphatic hydroxyl groups excluding tert-OH is 1. The number of nitrogens with zero attached hydrogens (tertiary/aromatic N) is 1. The summed E-state index contributed by atoms with van der Waals surface area (Å²) in [7, 11) is 0. The molecule has 2 atom stereocenters. The zero-order valence-corrected chi connectivity index (χ0v) is 6.53. The summed E-state index contributed by atoms with van der Waals surface area (Å²) >= 11 is 0. The standard InChI is InChI=1S/C7H13NO3/c1-2-5-3-6(9)4-8(5)7(10)11/h5-6,9H,2-4H2,1H3,(H,10,11)/t5-,6-/m1/s1. The number of rotatable bonds is 1. The molecule has 2 N–H and O–H groups in total. The molecule has 1 aliphatic rings. The highest BCUT2D eigenvalue weighted by Crippen LogP contribution is 2.19. The first kappa shape index (κ1) is 8.33. The van der Waals surface area contributed by atoms with Gasteiger partial charge in [-0.2, -0.15) is 0 Å². The lowest BCUT2D eigenvalue weighted by Crippen LogP contribution is -2.34. The van der Waals surface area contributed by atoms with Crippen LogP contribution < -0.4 is 0 Å². The largest absolute Gasteiger partial charge is 0.465 e. The molecule has 1 saturated heterocycles. The van der Waals surface area contributed by atoms with Gasteiger partial charge in [0.25, 0.3) is 0 Å². The van der Waals surface area contributed by atoms with Crippen LogP contribution in [0.15, 0.2) is 0 Å². The predicted molar refractivity (Wildman–Crippen MR) is 39.4 cm³/mol. The quantitative estimate of drug-likeness (QED) is 0.586. The minimum atomic E-state index is -0.923. The Morgan fingerprint density at radius 2 is 2.36 bits per heavy atom. The van der Waals surface area contributed by atoms with Crippen molar-refractivity contribution in [3.05, 3.63) is 0 Å². The van der Waals surface area contributed by atoms with E-state index in [0.717, 1.165) is 6.42 Å². The first-order valence-corrected chi connectivity index (χ1v) is 3.82. The molecule has 1 fully saturated rings. The van der Waals surface area contributed by atoms with E-state index in [2.05, 4.69) is 0 Å². The van der Waals surface area contributed by atoms with Gasteiger partial charge in [0.05, 0.1) is 12.6 Å². The van der Waals surface area contributed by atoms with Gasteiger partial charge in [-0.3, -0.25) is 0 Å². The maximum Gasteiger partial charge on any atom is 0.407 e. The molecule has 0 bridgehead atoms. The fourth-order valence-electron chi connectivity index (χ4n) is 1.51. The monoisotopic (exact) mass is 159 g/mol. The number of hydrogen-bond donors (Lipinski definition) is 2. The van der Waals surface area contributed by atoms with E-state index in [0.29, 0.717) is 6.42 Å². The van der Waals surface area contributed by atoms with Crippen LogP contribution in [0.4, 0.5) is 4.79 Å². The van der Waals surface area contributed by atoms with Crippen molar-refractivity contribution in [2.75, 3.05) is 6.54 Å². The molecule has 1 aliphatic heterocycles. The lowest BCUT2D eigenvalue weighted by Gasteiger charge is -2.18. The molecule has 1 heterocycles. The second kappa shape index (κ2) is 3.09. The number of carboxylic acid groups (broad SMARTS) is 1. The predicted octanol–water partition coefficient (Wildman–Crippen LogP) is 0.510. The number of β-amino-alcohol motifs (C(OH)–C–C–N with tert-alkyl or cyclic N) is 1. The summed E-state index contributed by atoms with van der Waals surface area (Å²) in [5, 5.41) is 17.8. The molecule has 1 rings (SSSR count). The summed E-state index contributed by atoms with van der Waals surface area (Å²) in [6, 6.07) is 0.0162. The second-order valence-corrected chi connectivity index (χ2v) is 2.89. The Labute approximate surface area is 65.4 Å². The van der Waals surface area contributed by atoms with Gasteiger partial charge in [-0.15, -0.1) is 0 Å². The normalized spacial score (nSPS) is 30.9. The van der Waals surface area contributed by atoms with Gasteiger partial charge in [-0.25, -0.2) is 4.79 Å². The average molecular weight is 159 g/mol. The molecule has 4 heteroatoms. The van der Waals surface area contributed by atoms with Crippen molar-refractivity contribution >= 4 is 6.09 Å². The molecule has 64 valence electrons. The van der Waals surface area contributed by atoms with E-state index in [9.17, 15) is 4.79 Å². The average Bonchev–Trinajstić information content (AvgIpc) is 2.30. The van der Waals surface area contributed by atoms with E-state index < -0.39 is 12.2 Å². The SMILES string of the molecule is CC[C@@H]1C[C@@H](O)CN1C(=O)O. The number of amides is 1. The lowest BCUT2D eigenvalue weighted by molar-refractivity contribution is 0.130. The number of aliphatic hydroxyl groups is 1. The first-order chi connectivity index (χ1) is 5.15. The van der Waals surface area contributed by atoms with Gasteiger partial charge in [0.1, 0.15) is 0 Å². The van der Waals surface area contributed by atoms with Crippen molar-refractivity contribution in [1.29, 1.82) is 0 Å². The molecular formula is C7H13NO3. The highest BCUT2D eigenvalue weighted by molar-refractivity contribution is 5.65. The van der Waals surface area contributed by atoms with Crippen LogP contribution >= 0.6 is 0 Å². The van der Waals surface area contributed by atoms with Crippen LogP contribution in [-0.4, -0.2) is 39.9 Å². The van der Waals surface area contributed by atoms with Crippen molar-refractivity contribution in [2.24, 2.45) is 0 Å². The Hall–Kier alpha value is -0.770. The van der Waals surface area contributed by atoms with Crippen molar-refractivity contribution < 1.29 is 15.0 Å². The molecule has 4 nitrogen and oxygen atoms in total. The molecule has 11 heavy (non-hydrogen) atoms. The molecule has 0 aromatic carbocycles. The third-order valence-electron chi connectivity index (χ3n) is 2.11. The first-order valence-electron chi connectivity index (χ1n) is 3.82. The fraction of sp³-hybridized carbons (Fsp3) is 0.857. The minimum Gasteiger partial charge on any atom is -0.465 e. The van der Waals surface area contributed by atoms with Crippen LogP contribution in [-0.2, 0) is 0 Å². The molecule has 0 aromatic rings. The van der Waals surface area contributed by atoms with E-state index in [4.69, 9.17) is 10.2 Å². The van der Waals surface area contributed by atoms with Crippen LogP contribution in [0.5, 0.6) is 0 Å². The molecule has 0 unspecified atom stereocenters. The van der Waals surface area contributed by atoms with Crippen LogP contribution in [0.25, 0.3) is 0 Å². The summed E-state index contributed by atoms with van der Waals surface area (Å²) in [5.74, 6) is 0. The Morgan fingerprint density at radius 3 is 2.73 bits per heavy atom. The van der Waals surface area contributed by atoms with Crippen molar-refractivity contribution in [3.8, 4) is 0 Å². The maximum atomic E-state index is 10.5. The summed E-state index contributed by atoms with van der Waals surface area (Å²) in [6.45, 7) is 2.20. The van der Waals surface area contributed by atoms with E-state index in [1.165, 1.54) is 4.90 Å². The number of hydrogen-bond acceptors (Lipinski definition) is 2. The molecule has 0 spiro atoms. The Balaban J connectivity index is 2.57. The zero-order chi connectivity index (χ0) is 8.43. The van der Waals surface area contributed by atoms with Gasteiger partial charge >= 0.3 is 6.09 Å². The fourth-order valence-corrected chi connectivity index (χ4v) is 1.51. The zero-order valence-electron chi connectivity index (χ0n) is 6.53. The van der Waals surface area contributed by atoms with Gasteiger partial charge < -0.3 is 15.1 Å². The third-order valence-corrected chi connectivity index (χ3v) is 2.11. The van der Waals surface area contributed by atoms with Gasteiger partial charge in [-0.05, 0) is 12.8 Å². The maximum absolute atomic E-state index is 10.5. The molecule has 0 saturated carbocycles. The summed E-state index contributed by atoms with van der Waals surface area (Å²) < 4.78 is 0. The third kappa shape index (κ3) is 1.63. The topological polar surface area (TPSA) is 60.8 Å². The lowest BCUT2D eigenvalue weighted by atomic mass is 10.1. The molecular weight excluding hydrogens is 146 g/mol. The van der Waals surface area contributed by atoms with Gasteiger partial charge in [0.2, 0.25) is 0 Å². The molecule has 0 radical (unpaired) electrons. The van der Waals surface area contributed by atoms with Gasteiger partial charge in [-0.1, -0.05) is 6.92 Å². The van der Waals surface area contributed by atoms with Crippen molar-refractivity contribution in [1.82, 2.24) is 4.90 Å². The summed E-state index contributed by atoms with van der Waals surface area (Å²) in [5.41, 5.74) is 0. The number of carbonyl (C=O) groups is 1. The van der Waals surface area contributed by atoms with Gasteiger partial charge in [0.15, 0.2) is 0 Å². The summed E-state index contributed by atoms with van der Waals surface area (Å²) in [4.78, 5) is 11.8. The highest BCUT2D eigenvalue weighted by atomic mass is 16.4. The van der Waals surface area contributed by atoms with E-state index in [1.54, 1.807) is 0 Å². The molecule has 1 amide bonds. The van der Waals surface area contributed by atoms with Crippen molar-refractivity contribution in [3.63, 3.8) is 0 Å². The number of likely N-dealkylation sites (tertiary alicyclic amines) is 1. The van der Waals surface area contributed by atoms with Crippen molar-refractivity contribution in [2.45, 2.75) is 31.9 Å². The summed E-state index contributed by atoms with van der Waals surface area (Å²) in [6.07, 6.45) is -0.0175. The molecule has 0 aliphatic carbocycles. The Bertz CT molecular complexity index is 160. The second-order valence-electron chi connectivity index (χ2n) is 2.89. The van der Waals surface area contributed by atoms with Crippen LogP contribution in [0, 0.1) is 0 Å². The highest BCUT2D eigenvalue weighted by Gasteiger charge is 2.32. The van der Waals surface area contributed by atoms with Crippen LogP contribution in [0.1, 0.15) is 19.8 Å². The van der Waals surface area contributed by atoms with E-state index in [-0.39, 0.29) is 12.6 Å². The minimum absolute atomic E-state index is 0.0162. The molecule has 0 aromatic heterocycles. The smallest absolute Gasteiger partial charge is 0.407 e. The van der Waals surface area contributed by atoms with Crippen LogP contribution in [0.3, 0.4) is 0 Å².